The predicted octanol–water partition coefficient (Wildman–Crippen LogP) is 2.83. The second kappa shape index (κ2) is 6.60. The third-order valence-electron chi connectivity index (χ3n) is 2.45. The van der Waals surface area contributed by atoms with E-state index < -0.39 is 0 Å². The van der Waals surface area contributed by atoms with Crippen molar-refractivity contribution < 1.29 is 9.53 Å². The molecule has 0 unspecified atom stereocenters. The SMILES string of the molecule is CCOC(=O)Cc1ccc(C#N)c(I)c1CC. The summed E-state index contributed by atoms with van der Waals surface area (Å²) in [6.07, 6.45) is 1.08. The number of nitriles is 1. The van der Waals surface area contributed by atoms with Crippen LogP contribution in [0.5, 0.6) is 0 Å². The first kappa shape index (κ1) is 14.0. The number of carbonyl (C=O) groups excluding carboxylic acids is 1. The second-order valence-electron chi connectivity index (χ2n) is 3.51. The Bertz CT molecular complexity index is 463. The van der Waals surface area contributed by atoms with E-state index in [1.54, 1.807) is 13.0 Å². The number of hydrogen-bond donors (Lipinski definition) is 0. The van der Waals surface area contributed by atoms with Crippen molar-refractivity contribution in [3.8, 4) is 6.07 Å². The van der Waals surface area contributed by atoms with Crippen molar-refractivity contribution in [1.29, 1.82) is 5.26 Å². The van der Waals surface area contributed by atoms with Crippen LogP contribution < -0.4 is 0 Å². The molecule has 0 spiro atoms. The van der Waals surface area contributed by atoms with E-state index in [2.05, 4.69) is 28.7 Å². The summed E-state index contributed by atoms with van der Waals surface area (Å²) in [7, 11) is 0. The van der Waals surface area contributed by atoms with Gasteiger partial charge in [0.2, 0.25) is 0 Å². The van der Waals surface area contributed by atoms with Crippen molar-refractivity contribution >= 4 is 28.6 Å². The quantitative estimate of drug-likeness (QED) is 0.624. The van der Waals surface area contributed by atoms with E-state index >= 15 is 0 Å². The summed E-state index contributed by atoms with van der Waals surface area (Å²) < 4.78 is 5.87. The molecule has 0 saturated heterocycles. The zero-order valence-electron chi connectivity index (χ0n) is 9.92. The van der Waals surface area contributed by atoms with E-state index in [4.69, 9.17) is 10.00 Å². The van der Waals surface area contributed by atoms with E-state index in [-0.39, 0.29) is 12.4 Å². The van der Waals surface area contributed by atoms with Gasteiger partial charge in [-0.1, -0.05) is 13.0 Å². The van der Waals surface area contributed by atoms with Gasteiger partial charge in [-0.3, -0.25) is 4.79 Å². The lowest BCUT2D eigenvalue weighted by Gasteiger charge is -2.10. The maximum Gasteiger partial charge on any atom is 0.310 e. The molecule has 4 heteroatoms. The van der Waals surface area contributed by atoms with E-state index in [1.165, 1.54) is 0 Å². The highest BCUT2D eigenvalue weighted by Crippen LogP contribution is 2.22. The molecule has 0 fully saturated rings. The van der Waals surface area contributed by atoms with Gasteiger partial charge in [0.15, 0.2) is 0 Å². The van der Waals surface area contributed by atoms with Crippen molar-refractivity contribution in [1.82, 2.24) is 0 Å². The normalized spacial score (nSPS) is 9.76. The number of carbonyl (C=O) groups is 1. The Morgan fingerprint density at radius 3 is 2.71 bits per heavy atom. The Kier molecular flexibility index (Phi) is 5.42. The minimum atomic E-state index is -0.220. The molecular formula is C13H14INO2. The van der Waals surface area contributed by atoms with Crippen LogP contribution in [-0.2, 0) is 22.4 Å². The largest absolute Gasteiger partial charge is 0.466 e. The summed E-state index contributed by atoms with van der Waals surface area (Å²) in [5.41, 5.74) is 2.68. The van der Waals surface area contributed by atoms with Gasteiger partial charge in [-0.15, -0.1) is 0 Å². The fraction of sp³-hybridized carbons (Fsp3) is 0.385. The van der Waals surface area contributed by atoms with Gasteiger partial charge >= 0.3 is 5.97 Å². The molecule has 0 saturated carbocycles. The highest BCUT2D eigenvalue weighted by atomic mass is 127. The van der Waals surface area contributed by atoms with Gasteiger partial charge in [0, 0.05) is 3.57 Å². The van der Waals surface area contributed by atoms with Crippen LogP contribution in [0.25, 0.3) is 0 Å². The van der Waals surface area contributed by atoms with Crippen molar-refractivity contribution in [2.75, 3.05) is 6.61 Å². The molecule has 0 heterocycles. The Balaban J connectivity index is 3.05. The number of rotatable bonds is 4. The Hall–Kier alpha value is -1.09. The number of esters is 1. The molecule has 0 bridgehead atoms. The van der Waals surface area contributed by atoms with Crippen LogP contribution in [-0.4, -0.2) is 12.6 Å². The maximum absolute atomic E-state index is 11.5. The molecule has 1 aromatic rings. The summed E-state index contributed by atoms with van der Waals surface area (Å²) in [6, 6.07) is 5.76. The van der Waals surface area contributed by atoms with Gasteiger partial charge in [-0.2, -0.15) is 5.26 Å². The molecule has 0 N–H and O–H groups in total. The van der Waals surface area contributed by atoms with Crippen LogP contribution in [0.2, 0.25) is 0 Å². The second-order valence-corrected chi connectivity index (χ2v) is 4.59. The van der Waals surface area contributed by atoms with Crippen LogP contribution >= 0.6 is 22.6 Å². The smallest absolute Gasteiger partial charge is 0.310 e. The molecule has 1 rings (SSSR count). The zero-order valence-corrected chi connectivity index (χ0v) is 12.1. The third-order valence-corrected chi connectivity index (χ3v) is 3.69. The molecule has 0 aliphatic carbocycles. The molecule has 0 aliphatic rings. The topological polar surface area (TPSA) is 50.1 Å². The summed E-state index contributed by atoms with van der Waals surface area (Å²) >= 11 is 2.16. The third kappa shape index (κ3) is 3.43. The lowest BCUT2D eigenvalue weighted by Crippen LogP contribution is -2.10. The Morgan fingerprint density at radius 1 is 1.47 bits per heavy atom. The molecule has 0 aromatic heterocycles. The highest BCUT2D eigenvalue weighted by molar-refractivity contribution is 14.1. The average Bonchev–Trinajstić information content (AvgIpc) is 2.30. The fourth-order valence-electron chi connectivity index (χ4n) is 1.66. The molecule has 0 radical (unpaired) electrons. The van der Waals surface area contributed by atoms with Crippen molar-refractivity contribution in [2.24, 2.45) is 0 Å². The van der Waals surface area contributed by atoms with Gasteiger partial charge < -0.3 is 4.74 Å². The zero-order chi connectivity index (χ0) is 12.8. The minimum Gasteiger partial charge on any atom is -0.466 e. The number of halogens is 1. The first-order valence-corrected chi connectivity index (χ1v) is 6.57. The van der Waals surface area contributed by atoms with Crippen LogP contribution in [0.4, 0.5) is 0 Å². The molecule has 0 atom stereocenters. The van der Waals surface area contributed by atoms with Crippen molar-refractivity contribution in [2.45, 2.75) is 26.7 Å². The first-order chi connectivity index (χ1) is 8.13. The summed E-state index contributed by atoms with van der Waals surface area (Å²) in [4.78, 5) is 11.5. The Morgan fingerprint density at radius 2 is 2.18 bits per heavy atom. The van der Waals surface area contributed by atoms with Gasteiger partial charge in [-0.25, -0.2) is 0 Å². The predicted molar refractivity (Wildman–Crippen MR) is 73.6 cm³/mol. The van der Waals surface area contributed by atoms with E-state index in [1.807, 2.05) is 13.0 Å². The van der Waals surface area contributed by atoms with Gasteiger partial charge in [0.05, 0.1) is 18.6 Å². The molecule has 1 aromatic carbocycles. The molecule has 0 aliphatic heterocycles. The van der Waals surface area contributed by atoms with Gasteiger partial charge in [0.1, 0.15) is 6.07 Å². The lowest BCUT2D eigenvalue weighted by molar-refractivity contribution is -0.142. The molecular weight excluding hydrogens is 329 g/mol. The van der Waals surface area contributed by atoms with Crippen molar-refractivity contribution in [3.05, 3.63) is 32.4 Å². The van der Waals surface area contributed by atoms with E-state index in [0.717, 1.165) is 21.1 Å². The number of hydrogen-bond acceptors (Lipinski definition) is 3. The molecule has 0 amide bonds. The number of benzene rings is 1. The summed E-state index contributed by atoms with van der Waals surface area (Å²) in [6.45, 7) is 4.21. The lowest BCUT2D eigenvalue weighted by atomic mass is 10.00. The van der Waals surface area contributed by atoms with Crippen LogP contribution in [0.3, 0.4) is 0 Å². The van der Waals surface area contributed by atoms with Crippen LogP contribution in [0, 0.1) is 14.9 Å². The fourth-order valence-corrected chi connectivity index (χ4v) is 2.69. The maximum atomic E-state index is 11.5. The van der Waals surface area contributed by atoms with Crippen molar-refractivity contribution in [3.63, 3.8) is 0 Å². The molecule has 90 valence electrons. The highest BCUT2D eigenvalue weighted by Gasteiger charge is 2.13. The Labute approximate surface area is 115 Å². The molecule has 3 nitrogen and oxygen atoms in total. The summed E-state index contributed by atoms with van der Waals surface area (Å²) in [5, 5.41) is 8.95. The van der Waals surface area contributed by atoms with E-state index in [9.17, 15) is 4.79 Å². The van der Waals surface area contributed by atoms with Crippen LogP contribution in [0.1, 0.15) is 30.5 Å². The monoisotopic (exact) mass is 343 g/mol. The average molecular weight is 343 g/mol. The number of ether oxygens (including phenoxy) is 1. The van der Waals surface area contributed by atoms with Crippen LogP contribution in [0.15, 0.2) is 12.1 Å². The first-order valence-electron chi connectivity index (χ1n) is 5.50. The number of nitrogens with zero attached hydrogens (tertiary/aromatic N) is 1. The van der Waals surface area contributed by atoms with Gasteiger partial charge in [0.25, 0.3) is 0 Å². The van der Waals surface area contributed by atoms with Gasteiger partial charge in [-0.05, 0) is 53.1 Å². The summed E-state index contributed by atoms with van der Waals surface area (Å²) in [5.74, 6) is -0.220. The minimum absolute atomic E-state index is 0.220. The standard InChI is InChI=1S/C13H14INO2/c1-3-11-9(7-12(16)17-4-2)5-6-10(8-15)13(11)14/h5-6H,3-4,7H2,1-2H3. The molecule has 17 heavy (non-hydrogen) atoms. The van der Waals surface area contributed by atoms with E-state index in [0.29, 0.717) is 12.2 Å².